The van der Waals surface area contributed by atoms with Gasteiger partial charge in [-0.1, -0.05) is 0 Å². The third-order valence-corrected chi connectivity index (χ3v) is 4.64. The summed E-state index contributed by atoms with van der Waals surface area (Å²) in [6, 6.07) is 7.84. The summed E-state index contributed by atoms with van der Waals surface area (Å²) < 4.78 is 31.8. The number of ether oxygens (including phenoxy) is 1. The molecule has 1 aliphatic rings. The topological polar surface area (TPSA) is 79.2 Å². The highest BCUT2D eigenvalue weighted by atomic mass is 32.2. The molecule has 102 valence electrons. The lowest BCUT2D eigenvalue weighted by atomic mass is 10.1. The van der Waals surface area contributed by atoms with Crippen molar-refractivity contribution in [2.24, 2.45) is 5.92 Å². The minimum Gasteiger partial charge on any atom is -0.381 e. The highest BCUT2D eigenvalue weighted by molar-refractivity contribution is 7.89. The number of benzene rings is 1. The Bertz CT molecular complexity index is 555. The van der Waals surface area contributed by atoms with Crippen molar-refractivity contribution in [2.45, 2.75) is 17.7 Å². The van der Waals surface area contributed by atoms with Crippen LogP contribution in [0.5, 0.6) is 0 Å². The number of nitriles is 1. The number of nitrogens with one attached hydrogen (secondary N) is 1. The monoisotopic (exact) mass is 280 g/mol. The fourth-order valence-electron chi connectivity index (χ4n) is 2.00. The van der Waals surface area contributed by atoms with Gasteiger partial charge in [0.2, 0.25) is 10.0 Å². The normalized spacial score (nSPS) is 19.2. The Morgan fingerprint density at radius 3 is 2.68 bits per heavy atom. The predicted molar refractivity (Wildman–Crippen MR) is 69.9 cm³/mol. The minimum absolute atomic E-state index is 0.189. The first-order chi connectivity index (χ1) is 9.12. The van der Waals surface area contributed by atoms with Crippen LogP contribution in [0.1, 0.15) is 18.4 Å². The fourth-order valence-corrected chi connectivity index (χ4v) is 3.05. The average molecular weight is 280 g/mol. The molecule has 1 heterocycles. The van der Waals surface area contributed by atoms with Crippen LogP contribution in [0.15, 0.2) is 29.2 Å². The molecule has 0 bridgehead atoms. The maximum Gasteiger partial charge on any atom is 0.240 e. The van der Waals surface area contributed by atoms with Gasteiger partial charge in [0.15, 0.2) is 0 Å². The SMILES string of the molecule is N#Cc1ccc(S(=O)(=O)NCCC2CCOC2)cc1. The average Bonchev–Trinajstić information content (AvgIpc) is 2.92. The van der Waals surface area contributed by atoms with Crippen LogP contribution in [-0.2, 0) is 14.8 Å². The Hall–Kier alpha value is -1.42. The van der Waals surface area contributed by atoms with Gasteiger partial charge in [-0.2, -0.15) is 5.26 Å². The van der Waals surface area contributed by atoms with Crippen molar-refractivity contribution in [3.05, 3.63) is 29.8 Å². The number of hydrogen-bond donors (Lipinski definition) is 1. The quantitative estimate of drug-likeness (QED) is 0.880. The Balaban J connectivity index is 1.91. The van der Waals surface area contributed by atoms with Gasteiger partial charge in [0.25, 0.3) is 0 Å². The van der Waals surface area contributed by atoms with E-state index < -0.39 is 10.0 Å². The lowest BCUT2D eigenvalue weighted by Gasteiger charge is -2.09. The van der Waals surface area contributed by atoms with Gasteiger partial charge in [-0.15, -0.1) is 0 Å². The lowest BCUT2D eigenvalue weighted by Crippen LogP contribution is -2.26. The molecule has 0 aliphatic carbocycles. The van der Waals surface area contributed by atoms with Gasteiger partial charge < -0.3 is 4.74 Å². The van der Waals surface area contributed by atoms with Crippen LogP contribution >= 0.6 is 0 Å². The molecule has 1 N–H and O–H groups in total. The summed E-state index contributed by atoms with van der Waals surface area (Å²) >= 11 is 0. The molecule has 1 atom stereocenters. The van der Waals surface area contributed by atoms with E-state index >= 15 is 0 Å². The first-order valence-corrected chi connectivity index (χ1v) is 7.68. The Kier molecular flexibility index (Phi) is 4.53. The molecule has 1 fully saturated rings. The smallest absolute Gasteiger partial charge is 0.240 e. The maximum atomic E-state index is 12.0. The predicted octanol–water partition coefficient (Wildman–Crippen LogP) is 1.26. The summed E-state index contributed by atoms with van der Waals surface area (Å²) in [5.41, 5.74) is 0.446. The molecule has 6 heteroatoms. The van der Waals surface area contributed by atoms with Crippen LogP contribution < -0.4 is 4.72 Å². The Morgan fingerprint density at radius 2 is 2.11 bits per heavy atom. The third kappa shape index (κ3) is 3.77. The van der Waals surface area contributed by atoms with Gasteiger partial charge in [0.1, 0.15) is 0 Å². The molecular weight excluding hydrogens is 264 g/mol. The van der Waals surface area contributed by atoms with Crippen molar-refractivity contribution in [3.63, 3.8) is 0 Å². The number of sulfonamides is 1. The van der Waals surface area contributed by atoms with Crippen LogP contribution in [0.2, 0.25) is 0 Å². The van der Waals surface area contributed by atoms with E-state index in [-0.39, 0.29) is 4.90 Å². The van der Waals surface area contributed by atoms with Gasteiger partial charge in [-0.05, 0) is 43.0 Å². The van der Waals surface area contributed by atoms with Crippen molar-refractivity contribution < 1.29 is 13.2 Å². The molecule has 19 heavy (non-hydrogen) atoms. The highest BCUT2D eigenvalue weighted by Gasteiger charge is 2.18. The van der Waals surface area contributed by atoms with E-state index in [1.165, 1.54) is 24.3 Å². The summed E-state index contributed by atoms with van der Waals surface area (Å²) in [5.74, 6) is 0.448. The zero-order valence-corrected chi connectivity index (χ0v) is 11.3. The van der Waals surface area contributed by atoms with E-state index in [0.717, 1.165) is 26.1 Å². The van der Waals surface area contributed by atoms with Crippen molar-refractivity contribution >= 4 is 10.0 Å². The second kappa shape index (κ2) is 6.15. The lowest BCUT2D eigenvalue weighted by molar-refractivity contribution is 0.184. The second-order valence-electron chi connectivity index (χ2n) is 4.55. The van der Waals surface area contributed by atoms with Gasteiger partial charge in [0.05, 0.1) is 16.5 Å². The molecular formula is C13H16N2O3S. The third-order valence-electron chi connectivity index (χ3n) is 3.16. The molecule has 1 aromatic carbocycles. The molecule has 1 saturated heterocycles. The second-order valence-corrected chi connectivity index (χ2v) is 6.32. The highest BCUT2D eigenvalue weighted by Crippen LogP contribution is 2.16. The molecule has 1 aliphatic heterocycles. The van der Waals surface area contributed by atoms with E-state index in [9.17, 15) is 8.42 Å². The summed E-state index contributed by atoms with van der Waals surface area (Å²) in [4.78, 5) is 0.189. The number of rotatable bonds is 5. The number of hydrogen-bond acceptors (Lipinski definition) is 4. The van der Waals surface area contributed by atoms with E-state index in [1.54, 1.807) is 0 Å². The summed E-state index contributed by atoms with van der Waals surface area (Å²) in [5, 5.41) is 8.67. The Morgan fingerprint density at radius 1 is 1.37 bits per heavy atom. The first-order valence-electron chi connectivity index (χ1n) is 6.19. The summed E-state index contributed by atoms with van der Waals surface area (Å²) in [7, 11) is -3.48. The standard InChI is InChI=1S/C13H16N2O3S/c14-9-11-1-3-13(4-2-11)19(16,17)15-7-5-12-6-8-18-10-12/h1-4,12,15H,5-8,10H2. The summed E-state index contributed by atoms with van der Waals surface area (Å²) in [6.45, 7) is 1.90. The molecule has 0 saturated carbocycles. The maximum absolute atomic E-state index is 12.0. The van der Waals surface area contributed by atoms with Gasteiger partial charge >= 0.3 is 0 Å². The molecule has 5 nitrogen and oxygen atoms in total. The fraction of sp³-hybridized carbons (Fsp3) is 0.462. The molecule has 2 rings (SSSR count). The largest absolute Gasteiger partial charge is 0.381 e. The first kappa shape index (κ1) is 14.0. The minimum atomic E-state index is -3.48. The van der Waals surface area contributed by atoms with Crippen LogP contribution in [0.3, 0.4) is 0 Å². The van der Waals surface area contributed by atoms with Gasteiger partial charge in [-0.3, -0.25) is 0 Å². The zero-order chi connectivity index (χ0) is 13.7. The van der Waals surface area contributed by atoms with Crippen LogP contribution in [-0.4, -0.2) is 28.2 Å². The van der Waals surface area contributed by atoms with Crippen molar-refractivity contribution in [3.8, 4) is 6.07 Å². The molecule has 1 aromatic rings. The van der Waals surface area contributed by atoms with E-state index in [2.05, 4.69) is 4.72 Å². The van der Waals surface area contributed by atoms with E-state index in [4.69, 9.17) is 10.00 Å². The summed E-state index contributed by atoms with van der Waals surface area (Å²) in [6.07, 6.45) is 1.79. The van der Waals surface area contributed by atoms with Crippen LogP contribution in [0.25, 0.3) is 0 Å². The van der Waals surface area contributed by atoms with Crippen LogP contribution in [0.4, 0.5) is 0 Å². The van der Waals surface area contributed by atoms with E-state index in [0.29, 0.717) is 18.0 Å². The Labute approximate surface area is 113 Å². The molecule has 0 spiro atoms. The van der Waals surface area contributed by atoms with Gasteiger partial charge in [-0.25, -0.2) is 13.1 Å². The van der Waals surface area contributed by atoms with Crippen LogP contribution in [0, 0.1) is 17.2 Å². The molecule has 0 radical (unpaired) electrons. The zero-order valence-electron chi connectivity index (χ0n) is 10.5. The number of nitrogens with zero attached hydrogens (tertiary/aromatic N) is 1. The van der Waals surface area contributed by atoms with Crippen molar-refractivity contribution in [1.82, 2.24) is 4.72 Å². The molecule has 1 unspecified atom stereocenters. The van der Waals surface area contributed by atoms with Crippen molar-refractivity contribution in [1.29, 1.82) is 5.26 Å². The molecule has 0 amide bonds. The van der Waals surface area contributed by atoms with Gasteiger partial charge in [0, 0.05) is 19.8 Å². The van der Waals surface area contributed by atoms with Crippen molar-refractivity contribution in [2.75, 3.05) is 19.8 Å². The molecule has 0 aromatic heterocycles. The van der Waals surface area contributed by atoms with E-state index in [1.807, 2.05) is 6.07 Å².